The Bertz CT molecular complexity index is 675. The Labute approximate surface area is 155 Å². The molecule has 0 N–H and O–H groups in total. The van der Waals surface area contributed by atoms with E-state index in [1.54, 1.807) is 20.5 Å². The van der Waals surface area contributed by atoms with Gasteiger partial charge in [0.15, 0.2) is 11.5 Å². The predicted molar refractivity (Wildman–Crippen MR) is 101 cm³/mol. The number of hydrogen-bond acceptors (Lipinski definition) is 6. The topological polar surface area (TPSA) is 51.0 Å². The van der Waals surface area contributed by atoms with Crippen molar-refractivity contribution < 1.29 is 14.0 Å². The average Bonchev–Trinajstić information content (AvgIpc) is 3.19. The number of likely N-dealkylation sites (tertiary alicyclic amines) is 1. The molecule has 1 saturated heterocycles. The number of nitrogens with zero attached hydrogens (tertiary/aromatic N) is 3. The summed E-state index contributed by atoms with van der Waals surface area (Å²) in [6.45, 7) is 4.11. The number of rotatable bonds is 8. The minimum Gasteiger partial charge on any atom is -0.493 e. The Kier molecular flexibility index (Phi) is 6.52. The molecule has 0 spiro atoms. The fourth-order valence-electron chi connectivity index (χ4n) is 3.61. The number of likely N-dealkylation sites (N-methyl/N-ethyl adjacent to an activating group) is 1. The summed E-state index contributed by atoms with van der Waals surface area (Å²) < 4.78 is 15.7. The molecule has 2 aromatic rings. The van der Waals surface area contributed by atoms with Gasteiger partial charge in [0, 0.05) is 31.7 Å². The Morgan fingerprint density at radius 3 is 2.81 bits per heavy atom. The molecule has 1 aromatic carbocycles. The van der Waals surface area contributed by atoms with Crippen molar-refractivity contribution in [1.82, 2.24) is 15.0 Å². The molecule has 0 radical (unpaired) electrons. The van der Waals surface area contributed by atoms with Crippen LogP contribution in [0.1, 0.15) is 24.1 Å². The normalized spacial score (nSPS) is 18.2. The van der Waals surface area contributed by atoms with Gasteiger partial charge in [-0.3, -0.25) is 4.90 Å². The molecule has 142 valence electrons. The molecule has 0 bridgehead atoms. The molecule has 1 aliphatic rings. The Hall–Kier alpha value is -2.05. The lowest BCUT2D eigenvalue weighted by Crippen LogP contribution is -2.46. The maximum atomic E-state index is 5.41. The largest absolute Gasteiger partial charge is 0.493 e. The second kappa shape index (κ2) is 9.05. The van der Waals surface area contributed by atoms with Crippen molar-refractivity contribution >= 4 is 0 Å². The minimum absolute atomic E-state index is 0.579. The summed E-state index contributed by atoms with van der Waals surface area (Å²) >= 11 is 0. The standard InChI is InChI=1S/C20H29N3O3/c1-22(11-8-16-6-7-19(24-2)20(13-16)25-3)18-5-4-10-23(15-18)14-17-9-12-26-21-17/h6-7,9,12-13,18H,4-5,8,10-11,14-15H2,1-3H3/t18-/m0/s1. The highest BCUT2D eigenvalue weighted by Crippen LogP contribution is 2.28. The molecular formula is C20H29N3O3. The molecule has 0 saturated carbocycles. The SMILES string of the molecule is COc1ccc(CCN(C)[C@H]2CCCN(Cc3ccon3)C2)cc1OC. The fourth-order valence-corrected chi connectivity index (χ4v) is 3.61. The average molecular weight is 359 g/mol. The van der Waals surface area contributed by atoms with E-state index in [0.717, 1.165) is 49.8 Å². The Balaban J connectivity index is 1.52. The summed E-state index contributed by atoms with van der Waals surface area (Å²) in [4.78, 5) is 4.95. The third kappa shape index (κ3) is 4.77. The van der Waals surface area contributed by atoms with Crippen LogP contribution < -0.4 is 9.47 Å². The monoisotopic (exact) mass is 359 g/mol. The van der Waals surface area contributed by atoms with E-state index in [1.165, 1.54) is 18.4 Å². The van der Waals surface area contributed by atoms with E-state index in [2.05, 4.69) is 34.1 Å². The van der Waals surface area contributed by atoms with Crippen LogP contribution in [-0.4, -0.2) is 61.9 Å². The van der Waals surface area contributed by atoms with Gasteiger partial charge in [0.2, 0.25) is 0 Å². The van der Waals surface area contributed by atoms with Crippen LogP contribution >= 0.6 is 0 Å². The van der Waals surface area contributed by atoms with Crippen LogP contribution in [0.5, 0.6) is 11.5 Å². The molecule has 6 nitrogen and oxygen atoms in total. The summed E-state index contributed by atoms with van der Waals surface area (Å²) in [6, 6.07) is 8.70. The second-order valence-corrected chi connectivity index (χ2v) is 6.94. The predicted octanol–water partition coefficient (Wildman–Crippen LogP) is 2.83. The molecular weight excluding hydrogens is 330 g/mol. The van der Waals surface area contributed by atoms with E-state index in [-0.39, 0.29) is 0 Å². The summed E-state index contributed by atoms with van der Waals surface area (Å²) in [5.74, 6) is 1.57. The molecule has 6 heteroatoms. The lowest BCUT2D eigenvalue weighted by Gasteiger charge is -2.37. The third-order valence-electron chi connectivity index (χ3n) is 5.18. The number of methoxy groups -OCH3 is 2. The lowest BCUT2D eigenvalue weighted by atomic mass is 10.0. The van der Waals surface area contributed by atoms with Crippen LogP contribution in [0.15, 0.2) is 35.1 Å². The smallest absolute Gasteiger partial charge is 0.160 e. The molecule has 26 heavy (non-hydrogen) atoms. The first-order valence-corrected chi connectivity index (χ1v) is 9.22. The van der Waals surface area contributed by atoms with E-state index in [4.69, 9.17) is 14.0 Å². The zero-order valence-corrected chi connectivity index (χ0v) is 16.0. The third-order valence-corrected chi connectivity index (χ3v) is 5.18. The first kappa shape index (κ1) is 18.7. The van der Waals surface area contributed by atoms with Gasteiger partial charge < -0.3 is 18.9 Å². The molecule has 1 fully saturated rings. The van der Waals surface area contributed by atoms with E-state index >= 15 is 0 Å². The van der Waals surface area contributed by atoms with Crippen LogP contribution in [0.2, 0.25) is 0 Å². The summed E-state index contributed by atoms with van der Waals surface area (Å²) in [6.07, 6.45) is 5.11. The highest BCUT2D eigenvalue weighted by atomic mass is 16.5. The van der Waals surface area contributed by atoms with Crippen LogP contribution in [0.25, 0.3) is 0 Å². The first-order chi connectivity index (χ1) is 12.7. The van der Waals surface area contributed by atoms with Crippen molar-refractivity contribution in [2.45, 2.75) is 31.8 Å². The van der Waals surface area contributed by atoms with Gasteiger partial charge in [-0.1, -0.05) is 11.2 Å². The molecule has 2 heterocycles. The maximum absolute atomic E-state index is 5.41. The number of hydrogen-bond donors (Lipinski definition) is 0. The van der Waals surface area contributed by atoms with Gasteiger partial charge in [0.1, 0.15) is 6.26 Å². The summed E-state index contributed by atoms with van der Waals surface area (Å²) in [7, 11) is 5.57. The molecule has 3 rings (SSSR count). The second-order valence-electron chi connectivity index (χ2n) is 6.94. The van der Waals surface area contributed by atoms with Gasteiger partial charge >= 0.3 is 0 Å². The Morgan fingerprint density at radius 1 is 1.23 bits per heavy atom. The van der Waals surface area contributed by atoms with Crippen molar-refractivity contribution in [2.75, 3.05) is 40.9 Å². The van der Waals surface area contributed by atoms with Crippen molar-refractivity contribution in [2.24, 2.45) is 0 Å². The van der Waals surface area contributed by atoms with Gasteiger partial charge in [0.05, 0.1) is 19.9 Å². The zero-order valence-electron chi connectivity index (χ0n) is 16.0. The van der Waals surface area contributed by atoms with Crippen LogP contribution in [-0.2, 0) is 13.0 Å². The van der Waals surface area contributed by atoms with Crippen molar-refractivity contribution in [1.29, 1.82) is 0 Å². The minimum atomic E-state index is 0.579. The quantitative estimate of drug-likeness (QED) is 0.722. The highest BCUT2D eigenvalue weighted by Gasteiger charge is 2.23. The molecule has 1 atom stereocenters. The molecule has 1 aromatic heterocycles. The van der Waals surface area contributed by atoms with E-state index < -0.39 is 0 Å². The van der Waals surface area contributed by atoms with E-state index in [0.29, 0.717) is 6.04 Å². The number of ether oxygens (including phenoxy) is 2. The number of benzene rings is 1. The maximum Gasteiger partial charge on any atom is 0.160 e. The van der Waals surface area contributed by atoms with Crippen LogP contribution in [0.3, 0.4) is 0 Å². The first-order valence-electron chi connectivity index (χ1n) is 9.22. The van der Waals surface area contributed by atoms with Crippen molar-refractivity contribution in [3.05, 3.63) is 41.8 Å². The van der Waals surface area contributed by atoms with Crippen molar-refractivity contribution in [3.8, 4) is 11.5 Å². The van der Waals surface area contributed by atoms with Gasteiger partial charge in [-0.25, -0.2) is 0 Å². The van der Waals surface area contributed by atoms with E-state index in [1.807, 2.05) is 12.1 Å². The van der Waals surface area contributed by atoms with Crippen LogP contribution in [0, 0.1) is 0 Å². The van der Waals surface area contributed by atoms with Gasteiger partial charge in [-0.15, -0.1) is 0 Å². The van der Waals surface area contributed by atoms with Gasteiger partial charge in [-0.2, -0.15) is 0 Å². The summed E-state index contributed by atoms with van der Waals surface area (Å²) in [5.41, 5.74) is 2.28. The molecule has 0 unspecified atom stereocenters. The number of aromatic nitrogens is 1. The van der Waals surface area contributed by atoms with E-state index in [9.17, 15) is 0 Å². The van der Waals surface area contributed by atoms with Gasteiger partial charge in [-0.05, 0) is 50.6 Å². The van der Waals surface area contributed by atoms with Crippen LogP contribution in [0.4, 0.5) is 0 Å². The lowest BCUT2D eigenvalue weighted by molar-refractivity contribution is 0.110. The highest BCUT2D eigenvalue weighted by molar-refractivity contribution is 5.42. The number of piperidine rings is 1. The van der Waals surface area contributed by atoms with Gasteiger partial charge in [0.25, 0.3) is 0 Å². The molecule has 0 aliphatic carbocycles. The molecule has 0 amide bonds. The zero-order chi connectivity index (χ0) is 18.4. The Morgan fingerprint density at radius 2 is 2.08 bits per heavy atom. The summed E-state index contributed by atoms with van der Waals surface area (Å²) in [5, 5.41) is 4.03. The van der Waals surface area contributed by atoms with Crippen molar-refractivity contribution in [3.63, 3.8) is 0 Å². The molecule has 1 aliphatic heterocycles. The fraction of sp³-hybridized carbons (Fsp3) is 0.550.